The van der Waals surface area contributed by atoms with E-state index in [1.54, 1.807) is 0 Å². The van der Waals surface area contributed by atoms with Crippen molar-refractivity contribution in [3.8, 4) is 0 Å². The second kappa shape index (κ2) is 2.41. The molecule has 4 atom stereocenters. The number of rotatable bonds is 0. The van der Waals surface area contributed by atoms with Crippen LogP contribution in [0.25, 0.3) is 0 Å². The summed E-state index contributed by atoms with van der Waals surface area (Å²) in [5.41, 5.74) is 0. The van der Waals surface area contributed by atoms with Crippen LogP contribution in [0.15, 0.2) is 0 Å². The highest BCUT2D eigenvalue weighted by Crippen LogP contribution is 2.50. The highest BCUT2D eigenvalue weighted by Gasteiger charge is 2.48. The Kier molecular flexibility index (Phi) is 2.15. The maximum absolute atomic E-state index is 10.8. The van der Waals surface area contributed by atoms with Gasteiger partial charge in [-0.15, -0.1) is 9.24 Å². The Bertz CT molecular complexity index is 161. The largest absolute Gasteiger partial charge is 0.451 e. The van der Waals surface area contributed by atoms with Crippen molar-refractivity contribution in [2.75, 3.05) is 0 Å². The van der Waals surface area contributed by atoms with Crippen LogP contribution in [-0.4, -0.2) is 24.0 Å². The van der Waals surface area contributed by atoms with E-state index in [1.165, 1.54) is 0 Å². The van der Waals surface area contributed by atoms with Gasteiger partial charge in [0.1, 0.15) is 12.9 Å². The monoisotopic (exact) mass is 194 g/mol. The fraction of sp³-hybridized carbons (Fsp3) is 0.750. The Morgan fingerprint density at radius 1 is 1.50 bits per heavy atom. The molecule has 1 aliphatic rings. The fourth-order valence-electron chi connectivity index (χ4n) is 0.779. The molecule has 1 saturated heterocycles. The van der Waals surface area contributed by atoms with Crippen LogP contribution in [0.2, 0.25) is 0 Å². The summed E-state index contributed by atoms with van der Waals surface area (Å²) in [5.74, 6) is -0.137. The van der Waals surface area contributed by atoms with Crippen molar-refractivity contribution in [2.45, 2.75) is 16.6 Å². The lowest BCUT2D eigenvalue weighted by molar-refractivity contribution is -0.139. The number of carbonyl (C=O) groups excluding carboxylic acids is 1. The summed E-state index contributed by atoms with van der Waals surface area (Å²) in [7, 11) is 9.66. The summed E-state index contributed by atoms with van der Waals surface area (Å²) >= 11 is 0. The maximum Gasteiger partial charge on any atom is 0.307 e. The number of hydrogen-bond donors (Lipinski definition) is 0. The molecule has 0 bridgehead atoms. The molecule has 1 rings (SSSR count). The van der Waals surface area contributed by atoms with E-state index < -0.39 is 5.08 Å². The third-order valence-electron chi connectivity index (χ3n) is 1.69. The molecule has 0 radical (unpaired) electrons. The molecule has 6 heteroatoms. The molecule has 0 saturated carbocycles. The van der Waals surface area contributed by atoms with Crippen LogP contribution in [-0.2, 0) is 9.53 Å². The van der Waals surface area contributed by atoms with Gasteiger partial charge in [-0.25, -0.2) is 0 Å². The average Bonchev–Trinajstić information content (AvgIpc) is 1.73. The van der Waals surface area contributed by atoms with Gasteiger partial charge in [-0.2, -0.15) is 0 Å². The first-order valence-corrected chi connectivity index (χ1v) is 4.67. The molecule has 4 unspecified atom stereocenters. The summed E-state index contributed by atoms with van der Waals surface area (Å²) in [6.07, 6.45) is 0.463. The van der Waals surface area contributed by atoms with Crippen molar-refractivity contribution in [1.82, 2.24) is 0 Å². The van der Waals surface area contributed by atoms with Crippen LogP contribution in [0.3, 0.4) is 0 Å². The summed E-state index contributed by atoms with van der Waals surface area (Å²) in [6.45, 7) is 0. The van der Waals surface area contributed by atoms with E-state index in [9.17, 15) is 4.79 Å². The molecule has 1 aliphatic heterocycles. The van der Waals surface area contributed by atoms with Gasteiger partial charge >= 0.3 is 5.97 Å². The Labute approximate surface area is 68.2 Å². The van der Waals surface area contributed by atoms with E-state index in [1.807, 2.05) is 7.85 Å². The number of cyclic esters (lactones) is 1. The van der Waals surface area contributed by atoms with Crippen LogP contribution >= 0.6 is 27.7 Å². The predicted molar refractivity (Wildman–Crippen MR) is 53.8 cm³/mol. The van der Waals surface area contributed by atoms with Crippen molar-refractivity contribution in [3.63, 3.8) is 0 Å². The molecular formula is C4H10BO2P3. The minimum Gasteiger partial charge on any atom is -0.451 e. The first-order valence-electron chi connectivity index (χ1n) is 2.94. The van der Waals surface area contributed by atoms with Crippen molar-refractivity contribution >= 4 is 41.5 Å². The zero-order valence-corrected chi connectivity index (χ0v) is 9.22. The summed E-state index contributed by atoms with van der Waals surface area (Å²) in [4.78, 5) is 10.8. The van der Waals surface area contributed by atoms with Gasteiger partial charge in [-0.05, 0) is 0 Å². The molecule has 1 heterocycles. The lowest BCUT2D eigenvalue weighted by Crippen LogP contribution is -2.35. The summed E-state index contributed by atoms with van der Waals surface area (Å²) < 4.78 is 5.03. The van der Waals surface area contributed by atoms with Gasteiger partial charge in [-0.3, -0.25) is 4.79 Å². The molecular weight excluding hydrogens is 184 g/mol. The molecule has 0 amide bonds. The smallest absolute Gasteiger partial charge is 0.307 e. The van der Waals surface area contributed by atoms with Crippen LogP contribution in [0, 0.1) is 0 Å². The van der Waals surface area contributed by atoms with Gasteiger partial charge in [-0.1, -0.05) is 18.5 Å². The van der Waals surface area contributed by atoms with E-state index in [2.05, 4.69) is 27.7 Å². The molecule has 0 aliphatic carbocycles. The topological polar surface area (TPSA) is 26.3 Å². The predicted octanol–water partition coefficient (Wildman–Crippen LogP) is -0.458. The van der Waals surface area contributed by atoms with Crippen molar-refractivity contribution in [3.05, 3.63) is 0 Å². The SMILES string of the molecule is BC1(P)CC(=O)OC1(P)P. The van der Waals surface area contributed by atoms with Gasteiger partial charge in [0, 0.05) is 5.06 Å². The van der Waals surface area contributed by atoms with Gasteiger partial charge in [0.2, 0.25) is 0 Å². The van der Waals surface area contributed by atoms with E-state index in [4.69, 9.17) is 4.74 Å². The lowest BCUT2D eigenvalue weighted by atomic mass is 9.85. The third-order valence-corrected chi connectivity index (χ3v) is 4.56. The molecule has 1 fully saturated rings. The second-order valence-electron chi connectivity index (χ2n) is 2.86. The number of hydrogen-bond acceptors (Lipinski definition) is 2. The summed E-state index contributed by atoms with van der Waals surface area (Å²) in [6, 6.07) is 0. The second-order valence-corrected chi connectivity index (χ2v) is 6.52. The standard InChI is InChI=1S/C4H10BO2P3/c5-3(8)1-2(6)7-4(3,9)10/h1,5,8-10H2. The molecule has 10 heavy (non-hydrogen) atoms. The van der Waals surface area contributed by atoms with E-state index in [-0.39, 0.29) is 11.0 Å². The Hall–Kier alpha value is 0.825. The van der Waals surface area contributed by atoms with Gasteiger partial charge in [0.25, 0.3) is 0 Å². The Morgan fingerprint density at radius 3 is 2.10 bits per heavy atom. The number of ether oxygens (including phenoxy) is 1. The normalized spacial score (nSPS) is 37.7. The van der Waals surface area contributed by atoms with Crippen LogP contribution in [0.4, 0.5) is 0 Å². The quantitative estimate of drug-likeness (QED) is 0.296. The molecule has 0 spiro atoms. The average molecular weight is 194 g/mol. The highest BCUT2D eigenvalue weighted by molar-refractivity contribution is 7.43. The van der Waals surface area contributed by atoms with Crippen molar-refractivity contribution < 1.29 is 9.53 Å². The van der Waals surface area contributed by atoms with Gasteiger partial charge in [0.05, 0.1) is 6.42 Å². The fourth-order valence-corrected chi connectivity index (χ4v) is 1.47. The van der Waals surface area contributed by atoms with E-state index in [0.29, 0.717) is 6.42 Å². The first-order chi connectivity index (χ1) is 4.35. The Morgan fingerprint density at radius 2 is 2.00 bits per heavy atom. The zero-order chi connectivity index (χ0) is 7.99. The maximum atomic E-state index is 10.8. The number of esters is 1. The van der Waals surface area contributed by atoms with Crippen LogP contribution < -0.4 is 0 Å². The minimum atomic E-state index is -0.491. The molecule has 0 aromatic rings. The zero-order valence-electron chi connectivity index (χ0n) is 5.76. The molecule has 0 aromatic heterocycles. The van der Waals surface area contributed by atoms with E-state index in [0.717, 1.165) is 0 Å². The molecule has 2 nitrogen and oxygen atoms in total. The van der Waals surface area contributed by atoms with Crippen LogP contribution in [0.5, 0.6) is 0 Å². The molecule has 0 aromatic carbocycles. The highest BCUT2D eigenvalue weighted by atomic mass is 31.1. The van der Waals surface area contributed by atoms with Crippen molar-refractivity contribution in [2.24, 2.45) is 0 Å². The minimum absolute atomic E-state index is 0.137. The first kappa shape index (κ1) is 8.92. The molecule has 56 valence electrons. The lowest BCUT2D eigenvalue weighted by Gasteiger charge is -2.30. The van der Waals surface area contributed by atoms with E-state index >= 15 is 0 Å². The third kappa shape index (κ3) is 1.37. The number of carbonyl (C=O) groups is 1. The molecule has 0 N–H and O–H groups in total. The van der Waals surface area contributed by atoms with Crippen molar-refractivity contribution in [1.29, 1.82) is 0 Å². The van der Waals surface area contributed by atoms with Gasteiger partial charge in [0.15, 0.2) is 0 Å². The summed E-state index contributed by atoms with van der Waals surface area (Å²) in [5, 5.41) is -0.659. The Balaban J connectivity index is 2.88. The van der Waals surface area contributed by atoms with Crippen LogP contribution in [0.1, 0.15) is 6.42 Å². The van der Waals surface area contributed by atoms with Gasteiger partial charge < -0.3 is 4.74 Å².